The smallest absolute Gasteiger partial charge is 0.416 e. The fourth-order valence-electron chi connectivity index (χ4n) is 2.84. The molecule has 0 radical (unpaired) electrons. The van der Waals surface area contributed by atoms with Crippen LogP contribution in [0.1, 0.15) is 29.3 Å². The van der Waals surface area contributed by atoms with Crippen LogP contribution in [0.4, 0.5) is 13.2 Å². The van der Waals surface area contributed by atoms with Crippen molar-refractivity contribution in [3.8, 4) is 11.6 Å². The van der Waals surface area contributed by atoms with Crippen LogP contribution in [-0.4, -0.2) is 41.0 Å². The molecule has 0 bridgehead atoms. The Morgan fingerprint density at radius 3 is 2.54 bits per heavy atom. The Kier molecular flexibility index (Phi) is 5.53. The number of hydrogen-bond donors (Lipinski definition) is 0. The van der Waals surface area contributed by atoms with Crippen molar-refractivity contribution in [1.82, 2.24) is 9.88 Å². The number of carbonyl (C=O) groups excluding carboxylic acids is 2. The van der Waals surface area contributed by atoms with Crippen LogP contribution in [0.25, 0.3) is 0 Å². The van der Waals surface area contributed by atoms with Crippen molar-refractivity contribution >= 4 is 11.9 Å². The van der Waals surface area contributed by atoms with Gasteiger partial charge in [0, 0.05) is 37.7 Å². The van der Waals surface area contributed by atoms with Crippen molar-refractivity contribution in [2.75, 3.05) is 13.1 Å². The summed E-state index contributed by atoms with van der Waals surface area (Å²) in [7, 11) is 0. The summed E-state index contributed by atoms with van der Waals surface area (Å²) in [5.74, 6) is -0.485. The Bertz CT molecular complexity index is 868. The molecule has 1 saturated heterocycles. The highest BCUT2D eigenvalue weighted by Gasteiger charge is 2.32. The Morgan fingerprint density at radius 1 is 1.18 bits per heavy atom. The molecule has 0 aliphatic carbocycles. The van der Waals surface area contributed by atoms with Crippen molar-refractivity contribution in [3.05, 3.63) is 53.7 Å². The van der Waals surface area contributed by atoms with E-state index in [0.717, 1.165) is 18.3 Å². The molecule has 1 aliphatic rings. The van der Waals surface area contributed by atoms with Crippen LogP contribution in [0, 0.1) is 0 Å². The highest BCUT2D eigenvalue weighted by molar-refractivity contribution is 5.94. The maximum absolute atomic E-state index is 12.8. The summed E-state index contributed by atoms with van der Waals surface area (Å²) >= 11 is 0. The zero-order valence-electron chi connectivity index (χ0n) is 14.9. The van der Waals surface area contributed by atoms with Crippen molar-refractivity contribution in [2.24, 2.45) is 0 Å². The van der Waals surface area contributed by atoms with E-state index in [1.165, 1.54) is 19.1 Å². The van der Waals surface area contributed by atoms with Crippen molar-refractivity contribution in [3.63, 3.8) is 0 Å². The van der Waals surface area contributed by atoms with Crippen LogP contribution >= 0.6 is 0 Å². The number of pyridine rings is 1. The van der Waals surface area contributed by atoms with Gasteiger partial charge in [0.1, 0.15) is 11.9 Å². The predicted octanol–water partition coefficient (Wildman–Crippen LogP) is 3.32. The molecule has 1 aromatic heterocycles. The first-order chi connectivity index (χ1) is 13.2. The molecule has 1 unspecified atom stereocenters. The monoisotopic (exact) mass is 394 g/mol. The minimum atomic E-state index is -4.48. The van der Waals surface area contributed by atoms with Gasteiger partial charge < -0.3 is 14.4 Å². The molecule has 9 heteroatoms. The Balaban J connectivity index is 1.60. The van der Waals surface area contributed by atoms with Crippen molar-refractivity contribution in [1.29, 1.82) is 0 Å². The van der Waals surface area contributed by atoms with E-state index in [1.54, 1.807) is 17.0 Å². The average molecular weight is 394 g/mol. The number of carbonyl (C=O) groups is 2. The van der Waals surface area contributed by atoms with Crippen LogP contribution in [-0.2, 0) is 11.0 Å². The van der Waals surface area contributed by atoms with E-state index in [9.17, 15) is 22.8 Å². The maximum atomic E-state index is 12.8. The lowest BCUT2D eigenvalue weighted by molar-refractivity contribution is -0.137. The first kappa shape index (κ1) is 19.7. The first-order valence-corrected chi connectivity index (χ1v) is 8.50. The molecule has 1 aliphatic heterocycles. The van der Waals surface area contributed by atoms with Crippen LogP contribution < -0.4 is 9.47 Å². The number of halogens is 3. The fourth-order valence-corrected chi connectivity index (χ4v) is 2.84. The first-order valence-electron chi connectivity index (χ1n) is 8.50. The molecule has 0 spiro atoms. The van der Waals surface area contributed by atoms with Gasteiger partial charge in [0.2, 0.25) is 5.88 Å². The minimum Gasteiger partial charge on any atom is -0.472 e. The lowest BCUT2D eigenvalue weighted by Crippen LogP contribution is -2.31. The van der Waals surface area contributed by atoms with E-state index in [-0.39, 0.29) is 18.3 Å². The van der Waals surface area contributed by atoms with Gasteiger partial charge in [-0.05, 0) is 30.3 Å². The van der Waals surface area contributed by atoms with E-state index >= 15 is 0 Å². The molecule has 6 nitrogen and oxygen atoms in total. The lowest BCUT2D eigenvalue weighted by Gasteiger charge is -2.17. The van der Waals surface area contributed by atoms with Gasteiger partial charge in [0.15, 0.2) is 0 Å². The molecule has 1 aromatic carbocycles. The third kappa shape index (κ3) is 4.79. The number of aromatic nitrogens is 1. The van der Waals surface area contributed by atoms with Crippen LogP contribution in [0.3, 0.4) is 0 Å². The molecule has 28 heavy (non-hydrogen) atoms. The number of ether oxygens (including phenoxy) is 2. The van der Waals surface area contributed by atoms with Crippen molar-refractivity contribution in [2.45, 2.75) is 25.6 Å². The second-order valence-electron chi connectivity index (χ2n) is 6.28. The van der Waals surface area contributed by atoms with Crippen LogP contribution in [0.2, 0.25) is 0 Å². The zero-order valence-corrected chi connectivity index (χ0v) is 14.9. The van der Waals surface area contributed by atoms with Gasteiger partial charge >= 0.3 is 12.1 Å². The molecule has 2 heterocycles. The van der Waals surface area contributed by atoms with E-state index in [0.29, 0.717) is 24.3 Å². The number of rotatable bonds is 4. The zero-order chi connectivity index (χ0) is 20.3. The normalized spacial score (nSPS) is 16.7. The SMILES string of the molecule is CC(=O)Oc1ccc(C(=O)N2CCC(Oc3cc(C(F)(F)F)ccn3)C2)cc1. The quantitative estimate of drug-likeness (QED) is 0.588. The second-order valence-corrected chi connectivity index (χ2v) is 6.28. The second kappa shape index (κ2) is 7.87. The molecule has 3 rings (SSSR count). The van der Waals surface area contributed by atoms with E-state index in [4.69, 9.17) is 9.47 Å². The van der Waals surface area contributed by atoms with E-state index in [2.05, 4.69) is 4.98 Å². The van der Waals surface area contributed by atoms with Gasteiger partial charge in [0.25, 0.3) is 5.91 Å². The Morgan fingerprint density at radius 2 is 1.89 bits per heavy atom. The molecule has 0 N–H and O–H groups in total. The van der Waals surface area contributed by atoms with Gasteiger partial charge in [-0.15, -0.1) is 0 Å². The van der Waals surface area contributed by atoms with Gasteiger partial charge in [0.05, 0.1) is 12.1 Å². The largest absolute Gasteiger partial charge is 0.472 e. The third-order valence-corrected chi connectivity index (χ3v) is 4.14. The molecular formula is C19H17F3N2O4. The van der Waals surface area contributed by atoms with Gasteiger partial charge in [-0.2, -0.15) is 13.2 Å². The van der Waals surface area contributed by atoms with E-state index < -0.39 is 23.8 Å². The summed E-state index contributed by atoms with van der Waals surface area (Å²) in [6.45, 7) is 1.93. The summed E-state index contributed by atoms with van der Waals surface area (Å²) in [6, 6.07) is 7.85. The third-order valence-electron chi connectivity index (χ3n) is 4.14. The summed E-state index contributed by atoms with van der Waals surface area (Å²) in [5.41, 5.74) is -0.426. The summed E-state index contributed by atoms with van der Waals surface area (Å²) in [4.78, 5) is 28.9. The standard InChI is InChI=1S/C19H17F3N2O4/c1-12(25)27-15-4-2-13(3-5-15)18(26)24-9-7-16(11-24)28-17-10-14(6-8-23-17)19(20,21)22/h2-6,8,10,16H,7,9,11H2,1H3. The number of alkyl halides is 3. The average Bonchev–Trinajstić information content (AvgIpc) is 3.09. The molecule has 148 valence electrons. The van der Waals surface area contributed by atoms with Crippen molar-refractivity contribution < 1.29 is 32.2 Å². The molecule has 1 atom stereocenters. The molecule has 2 aromatic rings. The summed E-state index contributed by atoms with van der Waals surface area (Å²) < 4.78 is 48.8. The number of nitrogens with zero attached hydrogens (tertiary/aromatic N) is 2. The molecule has 0 saturated carbocycles. The molecular weight excluding hydrogens is 377 g/mol. The highest BCUT2D eigenvalue weighted by atomic mass is 19.4. The number of benzene rings is 1. The molecule has 1 fully saturated rings. The number of esters is 1. The van der Waals surface area contributed by atoms with Crippen LogP contribution in [0.5, 0.6) is 11.6 Å². The fraction of sp³-hybridized carbons (Fsp3) is 0.316. The van der Waals surface area contributed by atoms with Gasteiger partial charge in [-0.3, -0.25) is 9.59 Å². The lowest BCUT2D eigenvalue weighted by atomic mass is 10.2. The van der Waals surface area contributed by atoms with E-state index in [1.807, 2.05) is 0 Å². The summed E-state index contributed by atoms with van der Waals surface area (Å²) in [5, 5.41) is 0. The Labute approximate surface area is 158 Å². The maximum Gasteiger partial charge on any atom is 0.416 e. The minimum absolute atomic E-state index is 0.125. The number of likely N-dealkylation sites (tertiary alicyclic amines) is 1. The van der Waals surface area contributed by atoms with Gasteiger partial charge in [-0.1, -0.05) is 0 Å². The Hall–Kier alpha value is -3.10. The predicted molar refractivity (Wildman–Crippen MR) is 91.9 cm³/mol. The number of amides is 1. The topological polar surface area (TPSA) is 68.7 Å². The highest BCUT2D eigenvalue weighted by Crippen LogP contribution is 2.31. The molecule has 1 amide bonds. The van der Waals surface area contributed by atoms with Crippen LogP contribution in [0.15, 0.2) is 42.6 Å². The number of hydrogen-bond acceptors (Lipinski definition) is 5. The van der Waals surface area contributed by atoms with Gasteiger partial charge in [-0.25, -0.2) is 4.98 Å². The summed E-state index contributed by atoms with van der Waals surface area (Å²) in [6.07, 6.45) is -3.40.